The molecule has 11 nitrogen and oxygen atoms in total. The highest BCUT2D eigenvalue weighted by atomic mass is 32.2. The van der Waals surface area contributed by atoms with Gasteiger partial charge in [-0.2, -0.15) is 9.97 Å². The van der Waals surface area contributed by atoms with Gasteiger partial charge in [-0.1, -0.05) is 30.8 Å². The number of hydrogen-bond acceptors (Lipinski definition) is 10. The topological polar surface area (TPSA) is 108 Å². The summed E-state index contributed by atoms with van der Waals surface area (Å²) in [6, 6.07) is 8.33. The lowest BCUT2D eigenvalue weighted by atomic mass is 10.1. The van der Waals surface area contributed by atoms with Crippen molar-refractivity contribution in [3.63, 3.8) is 0 Å². The van der Waals surface area contributed by atoms with E-state index in [-0.39, 0.29) is 35.7 Å². The average molecular weight is 595 g/mol. The van der Waals surface area contributed by atoms with Crippen molar-refractivity contribution in [2.75, 3.05) is 56.7 Å². The predicted molar refractivity (Wildman–Crippen MR) is 157 cm³/mol. The molecular formula is C30H38N6O5S. The molecule has 12 heteroatoms. The van der Waals surface area contributed by atoms with Gasteiger partial charge in [0.2, 0.25) is 5.91 Å². The Balaban J connectivity index is 1.26. The highest BCUT2D eigenvalue weighted by Crippen LogP contribution is 2.43. The molecule has 1 aliphatic carbocycles. The van der Waals surface area contributed by atoms with Crippen LogP contribution in [0, 0.1) is 0 Å². The molecule has 1 amide bonds. The van der Waals surface area contributed by atoms with Crippen molar-refractivity contribution in [3.05, 3.63) is 59.3 Å². The van der Waals surface area contributed by atoms with Crippen LogP contribution in [0.15, 0.2) is 36.9 Å². The molecule has 1 aromatic heterocycles. The lowest BCUT2D eigenvalue weighted by Crippen LogP contribution is -2.59. The summed E-state index contributed by atoms with van der Waals surface area (Å²) in [6.45, 7) is 7.13. The number of carbonyl (C=O) groups excluding carboxylic acids is 1. The predicted octanol–water partition coefficient (Wildman–Crippen LogP) is 1.19. The first-order chi connectivity index (χ1) is 20.2. The number of aryl methyl sites for hydroxylation is 1. The van der Waals surface area contributed by atoms with E-state index in [9.17, 15) is 13.2 Å². The van der Waals surface area contributed by atoms with E-state index in [2.05, 4.69) is 45.5 Å². The number of nitrogens with zero attached hydrogens (tertiary/aromatic N) is 6. The second kappa shape index (κ2) is 10.6. The maximum atomic E-state index is 13.1. The molecule has 2 bridgehead atoms. The van der Waals surface area contributed by atoms with Gasteiger partial charge >= 0.3 is 6.01 Å². The van der Waals surface area contributed by atoms with Crippen molar-refractivity contribution in [2.24, 2.45) is 0 Å². The number of piperazine rings is 1. The molecule has 5 aliphatic heterocycles. The second-order valence-electron chi connectivity index (χ2n) is 12.3. The van der Waals surface area contributed by atoms with Crippen LogP contribution < -0.4 is 9.64 Å². The summed E-state index contributed by atoms with van der Waals surface area (Å²) in [5.74, 6) is 0.395. The zero-order valence-corrected chi connectivity index (χ0v) is 25.0. The maximum Gasteiger partial charge on any atom is 0.319 e. The van der Waals surface area contributed by atoms with E-state index in [0.717, 1.165) is 36.5 Å². The lowest BCUT2D eigenvalue weighted by Gasteiger charge is -2.44. The zero-order chi connectivity index (χ0) is 29.2. The molecule has 6 aliphatic rings. The first-order valence-corrected chi connectivity index (χ1v) is 16.5. The summed E-state index contributed by atoms with van der Waals surface area (Å²) in [5, 5.41) is 0. The van der Waals surface area contributed by atoms with E-state index in [1.807, 2.05) is 7.05 Å². The first kappa shape index (κ1) is 27.8. The van der Waals surface area contributed by atoms with Crippen molar-refractivity contribution in [2.45, 2.75) is 56.3 Å². The largest absolute Gasteiger partial charge is 0.456 e. The molecule has 224 valence electrons. The molecule has 0 saturated carbocycles. The highest BCUT2D eigenvalue weighted by molar-refractivity contribution is 7.91. The Morgan fingerprint density at radius 3 is 2.64 bits per heavy atom. The molecule has 3 unspecified atom stereocenters. The third-order valence-electron chi connectivity index (χ3n) is 9.58. The number of benzene rings is 1. The number of hydrogen-bond donors (Lipinski definition) is 0. The summed E-state index contributed by atoms with van der Waals surface area (Å²) in [6.07, 6.45) is 3.06. The molecule has 6 heterocycles. The van der Waals surface area contributed by atoms with Gasteiger partial charge in [0, 0.05) is 58.0 Å². The Labute approximate surface area is 247 Å². The summed E-state index contributed by atoms with van der Waals surface area (Å²) in [5.41, 5.74) is 4.70. The van der Waals surface area contributed by atoms with Gasteiger partial charge in [0.1, 0.15) is 18.0 Å². The summed E-state index contributed by atoms with van der Waals surface area (Å²) < 4.78 is 38.2. The molecule has 1 aromatic carbocycles. The van der Waals surface area contributed by atoms with Crippen LogP contribution in [0.2, 0.25) is 0 Å². The minimum absolute atomic E-state index is 0.0295. The van der Waals surface area contributed by atoms with Gasteiger partial charge < -0.3 is 19.3 Å². The smallest absolute Gasteiger partial charge is 0.319 e. The number of amides is 1. The minimum Gasteiger partial charge on any atom is -0.456 e. The van der Waals surface area contributed by atoms with Crippen LogP contribution in [-0.4, -0.2) is 115 Å². The summed E-state index contributed by atoms with van der Waals surface area (Å²) in [4.78, 5) is 31.0. The fraction of sp³-hybridized carbons (Fsp3) is 0.567. The molecule has 0 radical (unpaired) electrons. The Morgan fingerprint density at radius 2 is 1.83 bits per heavy atom. The monoisotopic (exact) mass is 594 g/mol. The number of likely N-dealkylation sites (N-methyl/N-ethyl adjacent to an activating group) is 1. The molecular weight excluding hydrogens is 556 g/mol. The number of likely N-dealkylation sites (tertiary alicyclic amines) is 1. The van der Waals surface area contributed by atoms with Gasteiger partial charge in [0.05, 0.1) is 29.3 Å². The zero-order valence-electron chi connectivity index (χ0n) is 24.2. The normalized spacial score (nSPS) is 30.3. The van der Waals surface area contributed by atoms with E-state index in [0.29, 0.717) is 38.7 Å². The van der Waals surface area contributed by atoms with E-state index in [1.165, 1.54) is 17.2 Å². The standard InChI is InChI=1S/C30H38N6O5S/c1-4-28(37)35-11-21-18-42(38,39)17-20(35)12-36(21)29-23-13-34(25-10-9-19-7-5-6-8-22(19)25)14-24(23)31-30(32-29)41-27-16-33(2)15-26(27)40-3/h4-8,20-21,25-27H,1,9-18H2,2-3H3/t20?,21?,25?,26-,27-/m1/s1. The van der Waals surface area contributed by atoms with Gasteiger partial charge in [0.15, 0.2) is 9.84 Å². The van der Waals surface area contributed by atoms with Crippen molar-refractivity contribution in [1.82, 2.24) is 24.7 Å². The molecule has 5 atom stereocenters. The maximum absolute atomic E-state index is 13.1. The van der Waals surface area contributed by atoms with Gasteiger partial charge in [-0.05, 0) is 37.1 Å². The number of anilines is 1. The molecule has 0 N–H and O–H groups in total. The van der Waals surface area contributed by atoms with Crippen LogP contribution in [0.5, 0.6) is 6.01 Å². The van der Waals surface area contributed by atoms with Crippen LogP contribution in [0.1, 0.15) is 34.8 Å². The molecule has 4 fully saturated rings. The molecule has 2 aromatic rings. The second-order valence-corrected chi connectivity index (χ2v) is 14.5. The van der Waals surface area contributed by atoms with Gasteiger partial charge in [-0.15, -0.1) is 0 Å². The number of aromatic nitrogens is 2. The van der Waals surface area contributed by atoms with Crippen molar-refractivity contribution in [1.29, 1.82) is 0 Å². The molecule has 42 heavy (non-hydrogen) atoms. The molecule has 4 saturated heterocycles. The third kappa shape index (κ3) is 4.87. The van der Waals surface area contributed by atoms with Crippen LogP contribution in [0.4, 0.5) is 5.82 Å². The number of fused-ring (bicyclic) bond motifs is 6. The van der Waals surface area contributed by atoms with E-state index >= 15 is 0 Å². The van der Waals surface area contributed by atoms with E-state index in [1.54, 1.807) is 12.0 Å². The summed E-state index contributed by atoms with van der Waals surface area (Å²) >= 11 is 0. The van der Waals surface area contributed by atoms with Gasteiger partial charge in [0.25, 0.3) is 0 Å². The van der Waals surface area contributed by atoms with Crippen molar-refractivity contribution in [3.8, 4) is 6.01 Å². The fourth-order valence-electron chi connectivity index (χ4n) is 7.60. The van der Waals surface area contributed by atoms with Crippen molar-refractivity contribution >= 4 is 21.6 Å². The average Bonchev–Trinajstić information content (AvgIpc) is 3.64. The van der Waals surface area contributed by atoms with E-state index in [4.69, 9.17) is 19.4 Å². The quantitative estimate of drug-likeness (QED) is 0.453. The lowest BCUT2D eigenvalue weighted by molar-refractivity contribution is -0.128. The Morgan fingerprint density at radius 1 is 1.05 bits per heavy atom. The first-order valence-electron chi connectivity index (χ1n) is 14.7. The molecule has 0 spiro atoms. The highest BCUT2D eigenvalue weighted by Gasteiger charge is 2.46. The van der Waals surface area contributed by atoms with Crippen LogP contribution in [0.3, 0.4) is 0 Å². The van der Waals surface area contributed by atoms with Crippen LogP contribution >= 0.6 is 0 Å². The Bertz CT molecular complexity index is 1520. The Kier molecular flexibility index (Phi) is 6.99. The molecule has 8 rings (SSSR count). The summed E-state index contributed by atoms with van der Waals surface area (Å²) in [7, 11) is 0.361. The Hall–Kier alpha value is -3.06. The fourth-order valence-corrected chi connectivity index (χ4v) is 9.48. The van der Waals surface area contributed by atoms with Gasteiger partial charge in [-0.3, -0.25) is 14.6 Å². The number of carbonyl (C=O) groups is 1. The van der Waals surface area contributed by atoms with Crippen molar-refractivity contribution < 1.29 is 22.7 Å². The number of rotatable bonds is 6. The van der Waals surface area contributed by atoms with Crippen LogP contribution in [0.25, 0.3) is 0 Å². The SMILES string of the molecule is C=CC(=O)N1CC2CS(=O)(=O)CC1CN2c1nc(O[C@@H]2CN(C)C[C@H]2OC)nc2c1CN(C1CCc3ccccc31)C2. The minimum atomic E-state index is -3.36. The van der Waals surface area contributed by atoms with Gasteiger partial charge in [-0.25, -0.2) is 8.42 Å². The third-order valence-corrected chi connectivity index (χ3v) is 11.4. The number of ether oxygens (including phenoxy) is 2. The van der Waals surface area contributed by atoms with Crippen LogP contribution in [-0.2, 0) is 38.9 Å². The number of methoxy groups -OCH3 is 1. The number of sulfone groups is 1. The van der Waals surface area contributed by atoms with E-state index < -0.39 is 21.9 Å².